The molecule has 0 atom stereocenters. The van der Waals surface area contributed by atoms with Gasteiger partial charge in [-0.1, -0.05) is 6.92 Å². The van der Waals surface area contributed by atoms with Crippen molar-refractivity contribution in [1.29, 1.82) is 0 Å². The second-order valence-electron chi connectivity index (χ2n) is 4.24. The summed E-state index contributed by atoms with van der Waals surface area (Å²) in [7, 11) is -3.84. The van der Waals surface area contributed by atoms with E-state index in [0.29, 0.717) is 11.4 Å². The second-order valence-corrected chi connectivity index (χ2v) is 5.77. The van der Waals surface area contributed by atoms with Crippen molar-refractivity contribution < 1.29 is 8.42 Å². The van der Waals surface area contributed by atoms with Crippen molar-refractivity contribution in [2.24, 2.45) is 5.14 Å². The van der Waals surface area contributed by atoms with Crippen LogP contribution in [0.15, 0.2) is 35.5 Å². The summed E-state index contributed by atoms with van der Waals surface area (Å²) in [6.45, 7) is 2.03. The molecule has 2 rings (SSSR count). The zero-order valence-electron chi connectivity index (χ0n) is 10.6. The van der Waals surface area contributed by atoms with Crippen molar-refractivity contribution in [2.45, 2.75) is 24.7 Å². The first-order chi connectivity index (χ1) is 8.93. The summed E-state index contributed by atoms with van der Waals surface area (Å²) in [4.78, 5) is 4.23. The Morgan fingerprint density at radius 1 is 1.37 bits per heavy atom. The molecule has 2 aromatic rings. The van der Waals surface area contributed by atoms with Crippen molar-refractivity contribution in [3.05, 3.63) is 36.4 Å². The van der Waals surface area contributed by atoms with Gasteiger partial charge in [-0.3, -0.25) is 0 Å². The van der Waals surface area contributed by atoms with Crippen molar-refractivity contribution in [3.63, 3.8) is 0 Å². The molecule has 4 N–H and O–H groups in total. The van der Waals surface area contributed by atoms with Gasteiger partial charge >= 0.3 is 0 Å². The molecule has 0 bridgehead atoms. The van der Waals surface area contributed by atoms with Crippen molar-refractivity contribution in [2.75, 3.05) is 5.73 Å². The number of nitrogens with two attached hydrogens (primary N) is 2. The highest BCUT2D eigenvalue weighted by atomic mass is 32.2. The van der Waals surface area contributed by atoms with Crippen molar-refractivity contribution >= 4 is 15.7 Å². The summed E-state index contributed by atoms with van der Waals surface area (Å²) in [5.41, 5.74) is 6.45. The maximum absolute atomic E-state index is 11.7. The number of nitrogens with zero attached hydrogens (tertiary/aromatic N) is 2. The van der Waals surface area contributed by atoms with Crippen LogP contribution in [0.25, 0.3) is 5.69 Å². The van der Waals surface area contributed by atoms with Gasteiger partial charge in [-0.25, -0.2) is 18.5 Å². The molecule has 1 heterocycles. The lowest BCUT2D eigenvalue weighted by Crippen LogP contribution is -2.16. The lowest BCUT2D eigenvalue weighted by atomic mass is 10.2. The number of aromatic nitrogens is 2. The minimum absolute atomic E-state index is 0.00264. The Morgan fingerprint density at radius 3 is 2.74 bits per heavy atom. The first-order valence-corrected chi connectivity index (χ1v) is 7.43. The highest BCUT2D eigenvalue weighted by molar-refractivity contribution is 7.89. The predicted molar refractivity (Wildman–Crippen MR) is 73.3 cm³/mol. The van der Waals surface area contributed by atoms with Gasteiger partial charge < -0.3 is 10.3 Å². The number of hydrogen-bond acceptors (Lipinski definition) is 4. The average molecular weight is 280 g/mol. The van der Waals surface area contributed by atoms with Gasteiger partial charge in [0, 0.05) is 24.5 Å². The third kappa shape index (κ3) is 2.77. The van der Waals surface area contributed by atoms with Gasteiger partial charge in [0.05, 0.1) is 5.69 Å². The molecule has 0 aliphatic carbocycles. The summed E-state index contributed by atoms with van der Waals surface area (Å²) in [6, 6.07) is 4.63. The zero-order valence-corrected chi connectivity index (χ0v) is 11.4. The molecule has 0 saturated heterocycles. The summed E-state index contributed by atoms with van der Waals surface area (Å²) in [5.74, 6) is 0.789. The first-order valence-electron chi connectivity index (χ1n) is 5.88. The third-order valence-electron chi connectivity index (χ3n) is 2.74. The van der Waals surface area contributed by atoms with Crippen LogP contribution >= 0.6 is 0 Å². The quantitative estimate of drug-likeness (QED) is 0.817. The largest absolute Gasteiger partial charge is 0.399 e. The van der Waals surface area contributed by atoms with Crippen LogP contribution in [0.1, 0.15) is 19.2 Å². The van der Waals surface area contributed by atoms with Crippen LogP contribution in [-0.4, -0.2) is 18.0 Å². The fourth-order valence-electron chi connectivity index (χ4n) is 1.92. The number of imidazole rings is 1. The molecule has 7 heteroatoms. The van der Waals surface area contributed by atoms with Crippen LogP contribution in [0.4, 0.5) is 5.69 Å². The summed E-state index contributed by atoms with van der Waals surface area (Å²) in [6.07, 6.45) is 5.01. The molecule has 0 amide bonds. The van der Waals surface area contributed by atoms with Gasteiger partial charge in [0.2, 0.25) is 10.0 Å². The van der Waals surface area contributed by atoms with E-state index in [1.54, 1.807) is 29.1 Å². The van der Waals surface area contributed by atoms with E-state index in [1.165, 1.54) is 6.07 Å². The fraction of sp³-hybridized carbons (Fsp3) is 0.250. The highest BCUT2D eigenvalue weighted by Gasteiger charge is 2.17. The van der Waals surface area contributed by atoms with Gasteiger partial charge in [-0.2, -0.15) is 0 Å². The van der Waals surface area contributed by atoms with E-state index < -0.39 is 10.0 Å². The maximum atomic E-state index is 11.7. The molecular weight excluding hydrogens is 264 g/mol. The smallest absolute Gasteiger partial charge is 0.240 e. The standard InChI is InChI=1S/C12H16N4O2S/c1-2-3-12-15-6-7-16(12)10-5-4-9(13)8-11(10)19(14,17)18/h4-8H,2-3,13H2,1H3,(H2,14,17,18). The number of anilines is 1. The molecule has 1 aromatic heterocycles. The Balaban J connectivity index is 2.65. The molecule has 0 saturated carbocycles. The molecular formula is C12H16N4O2S. The normalized spacial score (nSPS) is 11.7. The van der Waals surface area contributed by atoms with E-state index in [1.807, 2.05) is 6.92 Å². The third-order valence-corrected chi connectivity index (χ3v) is 3.68. The van der Waals surface area contributed by atoms with Crippen LogP contribution in [0, 0.1) is 0 Å². The van der Waals surface area contributed by atoms with Gasteiger partial charge in [0.15, 0.2) is 0 Å². The van der Waals surface area contributed by atoms with Crippen LogP contribution in [0.2, 0.25) is 0 Å². The van der Waals surface area contributed by atoms with Gasteiger partial charge in [-0.05, 0) is 24.6 Å². The monoisotopic (exact) mass is 280 g/mol. The number of aryl methyl sites for hydroxylation is 1. The molecule has 0 aliphatic heterocycles. The number of benzene rings is 1. The van der Waals surface area contributed by atoms with Crippen molar-refractivity contribution in [3.8, 4) is 5.69 Å². The van der Waals surface area contributed by atoms with Gasteiger partial charge in [-0.15, -0.1) is 0 Å². The molecule has 1 aromatic carbocycles. The van der Waals surface area contributed by atoms with Gasteiger partial charge in [0.1, 0.15) is 10.7 Å². The minimum atomic E-state index is -3.84. The number of rotatable bonds is 4. The molecule has 6 nitrogen and oxygen atoms in total. The van der Waals surface area contributed by atoms with E-state index in [-0.39, 0.29) is 4.90 Å². The number of primary sulfonamides is 1. The zero-order chi connectivity index (χ0) is 14.0. The Labute approximate surface area is 112 Å². The second kappa shape index (κ2) is 5.02. The maximum Gasteiger partial charge on any atom is 0.240 e. The lowest BCUT2D eigenvalue weighted by Gasteiger charge is -2.12. The number of nitrogen functional groups attached to an aromatic ring is 1. The SMILES string of the molecule is CCCc1nccn1-c1ccc(N)cc1S(N)(=O)=O. The molecule has 0 fully saturated rings. The summed E-state index contributed by atoms with van der Waals surface area (Å²) < 4.78 is 25.0. The average Bonchev–Trinajstić information content (AvgIpc) is 2.76. The molecule has 0 aliphatic rings. The highest BCUT2D eigenvalue weighted by Crippen LogP contribution is 2.23. The number of hydrogen-bond donors (Lipinski definition) is 2. The molecule has 0 unspecified atom stereocenters. The van der Waals surface area contributed by atoms with Crippen molar-refractivity contribution in [1.82, 2.24) is 9.55 Å². The summed E-state index contributed by atoms with van der Waals surface area (Å²) >= 11 is 0. The Morgan fingerprint density at radius 2 is 2.11 bits per heavy atom. The van der Waals surface area contributed by atoms with E-state index >= 15 is 0 Å². The Kier molecular flexibility index (Phi) is 3.59. The molecule has 19 heavy (non-hydrogen) atoms. The van der Waals surface area contributed by atoms with E-state index in [0.717, 1.165) is 18.7 Å². The van der Waals surface area contributed by atoms with Crippen LogP contribution in [0.5, 0.6) is 0 Å². The lowest BCUT2D eigenvalue weighted by molar-refractivity contribution is 0.597. The van der Waals surface area contributed by atoms with Crippen LogP contribution in [-0.2, 0) is 16.4 Å². The molecule has 0 radical (unpaired) electrons. The number of sulfonamides is 1. The van der Waals surface area contributed by atoms with E-state index in [4.69, 9.17) is 10.9 Å². The molecule has 102 valence electrons. The predicted octanol–water partition coefficient (Wildman–Crippen LogP) is 1.05. The van der Waals surface area contributed by atoms with E-state index in [9.17, 15) is 8.42 Å². The van der Waals surface area contributed by atoms with E-state index in [2.05, 4.69) is 4.98 Å². The Bertz CT molecular complexity index is 692. The fourth-order valence-corrected chi connectivity index (χ4v) is 2.68. The van der Waals surface area contributed by atoms with Crippen LogP contribution < -0.4 is 10.9 Å². The van der Waals surface area contributed by atoms with Gasteiger partial charge in [0.25, 0.3) is 0 Å². The topological polar surface area (TPSA) is 104 Å². The summed E-state index contributed by atoms with van der Waals surface area (Å²) in [5, 5.41) is 5.24. The minimum Gasteiger partial charge on any atom is -0.399 e. The Hall–Kier alpha value is -1.86. The first kappa shape index (κ1) is 13.6. The van der Waals surface area contributed by atoms with Crippen LogP contribution in [0.3, 0.4) is 0 Å². The molecule has 0 spiro atoms.